The fourth-order valence-electron chi connectivity index (χ4n) is 5.29. The topological polar surface area (TPSA) is 150 Å². The van der Waals surface area contributed by atoms with Crippen molar-refractivity contribution in [2.24, 2.45) is 5.92 Å². The van der Waals surface area contributed by atoms with Crippen molar-refractivity contribution >= 4 is 57.4 Å². The molecule has 1 aromatic heterocycles. The fourth-order valence-corrected chi connectivity index (χ4v) is 6.66. The Morgan fingerprint density at radius 3 is 2.51 bits per heavy atom. The summed E-state index contributed by atoms with van der Waals surface area (Å²) in [5.41, 5.74) is 0.771. The number of rotatable bonds is 9. The lowest BCUT2D eigenvalue weighted by atomic mass is 10.1. The highest BCUT2D eigenvalue weighted by Gasteiger charge is 2.61. The first-order valence-electron chi connectivity index (χ1n) is 13.5. The van der Waals surface area contributed by atoms with Gasteiger partial charge in [-0.25, -0.2) is 13.4 Å². The van der Waals surface area contributed by atoms with Crippen LogP contribution >= 0.6 is 24.8 Å². The van der Waals surface area contributed by atoms with Gasteiger partial charge in [0.15, 0.2) is 0 Å². The number of fused-ring (bicyclic) bond motifs is 1. The Morgan fingerprint density at radius 1 is 1.14 bits per heavy atom. The van der Waals surface area contributed by atoms with Crippen molar-refractivity contribution in [1.29, 1.82) is 5.26 Å². The molecule has 0 spiro atoms. The maximum Gasteiger partial charge on any atom is 0.259 e. The highest BCUT2D eigenvalue weighted by atomic mass is 35.5. The molecule has 3 aromatic rings. The Bertz CT molecular complexity index is 1710. The largest absolute Gasteiger partial charge is 0.472 e. The number of sulfonamides is 1. The first kappa shape index (κ1) is 32.2. The summed E-state index contributed by atoms with van der Waals surface area (Å²) in [5, 5.41) is 16.3. The van der Waals surface area contributed by atoms with Gasteiger partial charge in [0.2, 0.25) is 21.8 Å². The number of aromatic nitrogens is 1. The van der Waals surface area contributed by atoms with Crippen LogP contribution in [0.3, 0.4) is 0 Å². The summed E-state index contributed by atoms with van der Waals surface area (Å²) in [6, 6.07) is 18.3. The molecule has 226 valence electrons. The molecule has 1 saturated heterocycles. The molecule has 0 radical (unpaired) electrons. The number of nitrogens with one attached hydrogen (secondary N) is 3. The van der Waals surface area contributed by atoms with Crippen LogP contribution in [0.2, 0.25) is 0 Å². The summed E-state index contributed by atoms with van der Waals surface area (Å²) in [4.78, 5) is 31.0. The molecule has 2 aliphatic carbocycles. The smallest absolute Gasteiger partial charge is 0.259 e. The lowest BCUT2D eigenvalue weighted by molar-refractivity contribution is -0.130. The van der Waals surface area contributed by atoms with Gasteiger partial charge in [0.1, 0.15) is 11.6 Å². The van der Waals surface area contributed by atoms with Crippen molar-refractivity contribution in [2.45, 2.75) is 48.6 Å². The van der Waals surface area contributed by atoms with E-state index in [9.17, 15) is 18.0 Å². The normalized spacial score (nSPS) is 24.0. The van der Waals surface area contributed by atoms with E-state index in [1.807, 2.05) is 42.5 Å². The minimum absolute atomic E-state index is 0. The van der Waals surface area contributed by atoms with Gasteiger partial charge < -0.3 is 15.4 Å². The number of nitrogens with zero attached hydrogens (tertiary/aromatic N) is 2. The molecule has 1 aliphatic heterocycles. The quantitative estimate of drug-likeness (QED) is 0.300. The number of amides is 2. The Kier molecular flexibility index (Phi) is 9.37. The van der Waals surface area contributed by atoms with Crippen molar-refractivity contribution in [3.63, 3.8) is 0 Å². The predicted octanol–water partition coefficient (Wildman–Crippen LogP) is 3.40. The van der Waals surface area contributed by atoms with Gasteiger partial charge in [0.05, 0.1) is 28.6 Å². The van der Waals surface area contributed by atoms with Gasteiger partial charge >= 0.3 is 0 Å². The lowest BCUT2D eigenvalue weighted by Gasteiger charge is -2.21. The highest BCUT2D eigenvalue weighted by Crippen LogP contribution is 2.45. The second kappa shape index (κ2) is 12.5. The average Bonchev–Trinajstić information content (AvgIpc) is 3.90. The van der Waals surface area contributed by atoms with Crippen molar-refractivity contribution in [2.75, 3.05) is 6.54 Å². The molecule has 0 bridgehead atoms. The van der Waals surface area contributed by atoms with Crippen LogP contribution < -0.4 is 20.1 Å². The number of benzene rings is 2. The minimum atomic E-state index is -3.75. The second-order valence-electron chi connectivity index (χ2n) is 10.8. The number of nitriles is 1. The molecule has 10 nitrogen and oxygen atoms in total. The van der Waals surface area contributed by atoms with Gasteiger partial charge in [0, 0.05) is 29.8 Å². The molecule has 3 fully saturated rings. The summed E-state index contributed by atoms with van der Waals surface area (Å²) in [7, 11) is -3.75. The van der Waals surface area contributed by atoms with Gasteiger partial charge in [-0.15, -0.1) is 31.4 Å². The van der Waals surface area contributed by atoms with Crippen LogP contribution in [0.1, 0.15) is 31.2 Å². The monoisotopic (exact) mass is 643 g/mol. The van der Waals surface area contributed by atoms with Crippen LogP contribution in [-0.2, 0) is 19.6 Å². The van der Waals surface area contributed by atoms with E-state index >= 15 is 0 Å². The standard InChI is InChI=1S/C30H29N5O5S.2ClH/c1-2-21-15-30(21,29(37)35-41(38,39)23-11-12-23)34-27(36)26-14-22(17-32-26)40-28-24-6-4-3-5-20(24)13-25(33-28)19-9-7-18(16-31)8-10-19;;/h2-10,13,21-23,26,32H,1,11-12,14-15,17H2,(H,34,36)(H,35,37);2*1H/t21-,22-,26+,30-;;/m1../s1. The van der Waals surface area contributed by atoms with Gasteiger partial charge in [-0.3, -0.25) is 14.3 Å². The zero-order chi connectivity index (χ0) is 28.8. The number of halogens is 2. The minimum Gasteiger partial charge on any atom is -0.472 e. The van der Waals surface area contributed by atoms with E-state index in [4.69, 9.17) is 15.0 Å². The molecule has 2 amide bonds. The number of hydrogen-bond donors (Lipinski definition) is 3. The van der Waals surface area contributed by atoms with Crippen LogP contribution in [0, 0.1) is 17.2 Å². The highest BCUT2D eigenvalue weighted by molar-refractivity contribution is 7.91. The number of pyridine rings is 1. The molecule has 3 aliphatic rings. The summed E-state index contributed by atoms with van der Waals surface area (Å²) >= 11 is 0. The molecule has 3 N–H and O–H groups in total. The Morgan fingerprint density at radius 2 is 1.86 bits per heavy atom. The van der Waals surface area contributed by atoms with Crippen molar-refractivity contribution in [3.05, 3.63) is 72.8 Å². The van der Waals surface area contributed by atoms with E-state index in [0.717, 1.165) is 16.3 Å². The Balaban J connectivity index is 0.00000212. The number of carbonyl (C=O) groups is 2. The molecule has 6 rings (SSSR count). The molecular weight excluding hydrogens is 613 g/mol. The van der Waals surface area contributed by atoms with Gasteiger partial charge in [-0.1, -0.05) is 36.4 Å². The van der Waals surface area contributed by atoms with Crippen LogP contribution in [-0.4, -0.2) is 54.7 Å². The molecule has 43 heavy (non-hydrogen) atoms. The summed E-state index contributed by atoms with van der Waals surface area (Å²) < 4.78 is 33.2. The SMILES string of the molecule is C=C[C@@H]1C[C@]1(NC(=O)[C@@H]1C[C@@H](Oc2nc(-c3ccc(C#N)cc3)cc3ccccc23)CN1)C(=O)NS(=O)(=O)C1CC1.Cl.Cl. The number of hydrogen-bond acceptors (Lipinski definition) is 8. The van der Waals surface area contributed by atoms with E-state index in [1.165, 1.54) is 0 Å². The first-order chi connectivity index (χ1) is 19.7. The molecule has 2 heterocycles. The van der Waals surface area contributed by atoms with Gasteiger partial charge in [-0.05, 0) is 48.9 Å². The summed E-state index contributed by atoms with van der Waals surface area (Å²) in [6.45, 7) is 4.12. The van der Waals surface area contributed by atoms with Crippen molar-refractivity contribution < 1.29 is 22.7 Å². The van der Waals surface area contributed by atoms with E-state index in [2.05, 4.69) is 28.0 Å². The average molecular weight is 645 g/mol. The number of carbonyl (C=O) groups excluding carboxylic acids is 2. The molecular formula is C30H31Cl2N5O5S. The van der Waals surface area contributed by atoms with Crippen LogP contribution in [0.4, 0.5) is 0 Å². The molecule has 13 heteroatoms. The molecule has 2 saturated carbocycles. The maximum atomic E-state index is 13.2. The van der Waals surface area contributed by atoms with E-state index in [-0.39, 0.29) is 36.8 Å². The van der Waals surface area contributed by atoms with Crippen molar-refractivity contribution in [1.82, 2.24) is 20.3 Å². The fraction of sp³-hybridized carbons (Fsp3) is 0.333. The van der Waals surface area contributed by atoms with Crippen LogP contribution in [0.15, 0.2) is 67.3 Å². The van der Waals surface area contributed by atoms with Crippen LogP contribution in [0.5, 0.6) is 5.88 Å². The third kappa shape index (κ3) is 6.48. The summed E-state index contributed by atoms with van der Waals surface area (Å²) in [5.74, 6) is -1.03. The number of ether oxygens (including phenoxy) is 1. The zero-order valence-corrected chi connectivity index (χ0v) is 25.4. The van der Waals surface area contributed by atoms with E-state index < -0.39 is 38.7 Å². The van der Waals surface area contributed by atoms with E-state index in [0.29, 0.717) is 49.4 Å². The van der Waals surface area contributed by atoms with Crippen molar-refractivity contribution in [3.8, 4) is 23.2 Å². The lowest BCUT2D eigenvalue weighted by Crippen LogP contribution is -2.55. The maximum absolute atomic E-state index is 13.2. The van der Waals surface area contributed by atoms with Gasteiger partial charge in [-0.2, -0.15) is 5.26 Å². The predicted molar refractivity (Wildman–Crippen MR) is 166 cm³/mol. The Hall–Kier alpha value is -3.69. The molecule has 4 atom stereocenters. The van der Waals surface area contributed by atoms with Gasteiger partial charge in [0.25, 0.3) is 5.91 Å². The Labute approximate surface area is 262 Å². The van der Waals surface area contributed by atoms with E-state index in [1.54, 1.807) is 18.2 Å². The molecule has 2 aromatic carbocycles. The summed E-state index contributed by atoms with van der Waals surface area (Å²) in [6.07, 6.45) is 2.88. The van der Waals surface area contributed by atoms with Crippen LogP contribution in [0.25, 0.3) is 22.0 Å². The first-order valence-corrected chi connectivity index (χ1v) is 15.1. The zero-order valence-electron chi connectivity index (χ0n) is 23.0. The second-order valence-corrected chi connectivity index (χ2v) is 12.8. The third-order valence-electron chi connectivity index (χ3n) is 7.95. The molecule has 0 unspecified atom stereocenters. The third-order valence-corrected chi connectivity index (χ3v) is 9.77.